The van der Waals surface area contributed by atoms with Crippen LogP contribution in [-0.4, -0.2) is 26.5 Å². The van der Waals surface area contributed by atoms with Gasteiger partial charge in [-0.05, 0) is 0 Å². The largest absolute Gasteiger partial charge is 0.392 e. The summed E-state index contributed by atoms with van der Waals surface area (Å²) in [7, 11) is 1.58. The molecule has 0 aromatic heterocycles. The second-order valence-corrected chi connectivity index (χ2v) is 1.57. The molecule has 3 heteroatoms. The van der Waals surface area contributed by atoms with Crippen LogP contribution >= 0.6 is 0 Å². The molecule has 0 amide bonds. The molecule has 7 heavy (non-hydrogen) atoms. The van der Waals surface area contributed by atoms with E-state index in [4.69, 9.17) is 0 Å². The third-order valence-electron chi connectivity index (χ3n) is 0.662. The van der Waals surface area contributed by atoms with Crippen molar-refractivity contribution in [3.05, 3.63) is 0 Å². The average molecular weight is 99.9 g/mol. The van der Waals surface area contributed by atoms with Crippen LogP contribution in [0.2, 0.25) is 6.82 Å². The quantitative estimate of drug-likeness (QED) is 0.370. The second-order valence-electron chi connectivity index (χ2n) is 1.57. The Balaban J connectivity index is 2.98. The average Bonchev–Trinajstić information content (AvgIpc) is 1.68. The van der Waals surface area contributed by atoms with E-state index in [1.165, 1.54) is 0 Å². The van der Waals surface area contributed by atoms with Crippen LogP contribution in [0.3, 0.4) is 0 Å². The fourth-order valence-corrected chi connectivity index (χ4v) is 0.302. The zero-order chi connectivity index (χ0) is 5.70. The Morgan fingerprint density at radius 3 is 2.57 bits per heavy atom. The van der Waals surface area contributed by atoms with Crippen molar-refractivity contribution in [1.29, 1.82) is 0 Å². The van der Waals surface area contributed by atoms with E-state index in [1.807, 2.05) is 6.82 Å². The molecule has 2 nitrogen and oxygen atoms in total. The summed E-state index contributed by atoms with van der Waals surface area (Å²) in [6, 6.07) is 0. The highest BCUT2D eigenvalue weighted by atomic mass is 16.5. The molecule has 0 saturated carbocycles. The lowest BCUT2D eigenvalue weighted by atomic mass is 9.55. The van der Waals surface area contributed by atoms with E-state index in [9.17, 15) is 4.79 Å². The molecule has 0 atom stereocenters. The van der Waals surface area contributed by atoms with Crippen LogP contribution in [0.4, 0.5) is 0 Å². The second kappa shape index (κ2) is 3.87. The standard InChI is InChI=1S/C4H9BO2/c1-5(3-6)4-7-2/h3H,4H2,1-2H3. The minimum atomic E-state index is 0.0463. The Labute approximate surface area is 43.9 Å². The molecule has 0 radical (unpaired) electrons. The summed E-state index contributed by atoms with van der Waals surface area (Å²) in [5, 5.41) is 0. The molecule has 0 aliphatic carbocycles. The molecule has 0 saturated heterocycles. The Morgan fingerprint density at radius 1 is 1.86 bits per heavy atom. The van der Waals surface area contributed by atoms with Gasteiger partial charge < -0.3 is 9.53 Å². The lowest BCUT2D eigenvalue weighted by Gasteiger charge is -1.92. The predicted octanol–water partition coefficient (Wildman–Crippen LogP) is 0.0685. The van der Waals surface area contributed by atoms with Crippen molar-refractivity contribution in [3.8, 4) is 0 Å². The van der Waals surface area contributed by atoms with Gasteiger partial charge in [0, 0.05) is 13.6 Å². The first kappa shape index (κ1) is 6.69. The van der Waals surface area contributed by atoms with Gasteiger partial charge in [0.25, 0.3) is 0 Å². The zero-order valence-corrected chi connectivity index (χ0v) is 4.68. The Kier molecular flexibility index (Phi) is 3.70. The monoisotopic (exact) mass is 100 g/mol. The SMILES string of the molecule is COCB(C)C=O. The first-order chi connectivity index (χ1) is 3.31. The summed E-state index contributed by atoms with van der Waals surface area (Å²) >= 11 is 0. The van der Waals surface area contributed by atoms with Gasteiger partial charge in [-0.3, -0.25) is 0 Å². The Bertz CT molecular complexity index is 55.7. The van der Waals surface area contributed by atoms with Gasteiger partial charge in [-0.1, -0.05) is 6.82 Å². The van der Waals surface area contributed by atoms with Crippen molar-refractivity contribution in [2.45, 2.75) is 6.82 Å². The van der Waals surface area contributed by atoms with E-state index < -0.39 is 0 Å². The summed E-state index contributed by atoms with van der Waals surface area (Å²) in [6.45, 7) is 2.39. The first-order valence-electron chi connectivity index (χ1n) is 2.25. The zero-order valence-electron chi connectivity index (χ0n) is 4.68. The van der Waals surface area contributed by atoms with Crippen molar-refractivity contribution >= 4 is 12.9 Å². The van der Waals surface area contributed by atoms with E-state index in [-0.39, 0.29) is 6.71 Å². The number of rotatable bonds is 3. The van der Waals surface area contributed by atoms with Gasteiger partial charge in [0.05, 0.1) is 6.19 Å². The maximum atomic E-state index is 9.81. The number of hydrogen-bond donors (Lipinski definition) is 0. The van der Waals surface area contributed by atoms with E-state index in [1.54, 1.807) is 7.11 Å². The van der Waals surface area contributed by atoms with Gasteiger partial charge in [0.2, 0.25) is 6.71 Å². The van der Waals surface area contributed by atoms with Crippen LogP contribution in [0, 0.1) is 0 Å². The molecule has 0 aromatic carbocycles. The molecule has 0 heterocycles. The van der Waals surface area contributed by atoms with Gasteiger partial charge in [-0.15, -0.1) is 0 Å². The molecule has 0 aromatic rings. The van der Waals surface area contributed by atoms with Crippen LogP contribution in [0.5, 0.6) is 0 Å². The molecule has 0 bridgehead atoms. The van der Waals surface area contributed by atoms with Crippen molar-refractivity contribution in [1.82, 2.24) is 0 Å². The third-order valence-corrected chi connectivity index (χ3v) is 0.662. The molecule has 0 N–H and O–H groups in total. The van der Waals surface area contributed by atoms with Crippen LogP contribution in [-0.2, 0) is 9.53 Å². The van der Waals surface area contributed by atoms with Crippen molar-refractivity contribution in [3.63, 3.8) is 0 Å². The van der Waals surface area contributed by atoms with E-state index in [0.29, 0.717) is 6.51 Å². The highest BCUT2D eigenvalue weighted by Crippen LogP contribution is 1.73. The van der Waals surface area contributed by atoms with Gasteiger partial charge >= 0.3 is 0 Å². The summed E-state index contributed by atoms with van der Waals surface area (Å²) in [5.41, 5.74) is 0. The number of methoxy groups -OCH3 is 1. The number of carbonyl (C=O) groups is 1. The molecular formula is C4H9BO2. The van der Waals surface area contributed by atoms with Crippen LogP contribution in [0.1, 0.15) is 0 Å². The fraction of sp³-hybridized carbons (Fsp3) is 0.750. The van der Waals surface area contributed by atoms with E-state index in [2.05, 4.69) is 4.74 Å². The Hall–Kier alpha value is -0.305. The van der Waals surface area contributed by atoms with Gasteiger partial charge in [0.1, 0.15) is 0 Å². The van der Waals surface area contributed by atoms with Crippen LogP contribution in [0.25, 0.3) is 0 Å². The van der Waals surface area contributed by atoms with Crippen molar-refractivity contribution in [2.24, 2.45) is 0 Å². The minimum absolute atomic E-state index is 0.0463. The summed E-state index contributed by atoms with van der Waals surface area (Å²) in [5.74, 6) is 0. The first-order valence-corrected chi connectivity index (χ1v) is 2.25. The molecule has 40 valence electrons. The van der Waals surface area contributed by atoms with Crippen LogP contribution in [0.15, 0.2) is 0 Å². The molecule has 0 unspecified atom stereocenters. The maximum absolute atomic E-state index is 9.81. The molecule has 0 aliphatic heterocycles. The number of ether oxygens (including phenoxy) is 1. The normalized spacial score (nSPS) is 8.29. The Morgan fingerprint density at radius 2 is 2.43 bits per heavy atom. The van der Waals surface area contributed by atoms with Crippen LogP contribution < -0.4 is 0 Å². The smallest absolute Gasteiger partial charge is 0.245 e. The summed E-state index contributed by atoms with van der Waals surface area (Å²) in [4.78, 5) is 9.81. The van der Waals surface area contributed by atoms with Crippen molar-refractivity contribution < 1.29 is 9.53 Å². The third kappa shape index (κ3) is 3.53. The maximum Gasteiger partial charge on any atom is 0.245 e. The minimum Gasteiger partial charge on any atom is -0.392 e. The molecule has 0 spiro atoms. The van der Waals surface area contributed by atoms with E-state index >= 15 is 0 Å². The summed E-state index contributed by atoms with van der Waals surface area (Å²) < 4.78 is 4.66. The fourth-order valence-electron chi connectivity index (χ4n) is 0.302. The van der Waals surface area contributed by atoms with Gasteiger partial charge in [-0.2, -0.15) is 0 Å². The van der Waals surface area contributed by atoms with Crippen molar-refractivity contribution in [2.75, 3.05) is 13.6 Å². The van der Waals surface area contributed by atoms with Gasteiger partial charge in [0.15, 0.2) is 0 Å². The number of carbonyl (C=O) groups excluding carboxylic acids is 1. The highest BCUT2D eigenvalue weighted by Gasteiger charge is 2.01. The van der Waals surface area contributed by atoms with E-state index in [0.717, 1.165) is 6.19 Å². The predicted molar refractivity (Wildman–Crippen MR) is 30.2 cm³/mol. The lowest BCUT2D eigenvalue weighted by molar-refractivity contribution is 0.250. The topological polar surface area (TPSA) is 26.3 Å². The molecular weight excluding hydrogens is 90.9 g/mol. The lowest BCUT2D eigenvalue weighted by Crippen LogP contribution is -2.16. The molecule has 0 rings (SSSR count). The highest BCUT2D eigenvalue weighted by molar-refractivity contribution is 6.83. The molecule has 0 aliphatic rings. The number of hydrogen-bond acceptors (Lipinski definition) is 2. The molecule has 0 fully saturated rings. The summed E-state index contributed by atoms with van der Waals surface area (Å²) in [6.07, 6.45) is 0.878. The van der Waals surface area contributed by atoms with Gasteiger partial charge in [-0.25, -0.2) is 0 Å².